The summed E-state index contributed by atoms with van der Waals surface area (Å²) in [5, 5.41) is 74.9. The van der Waals surface area contributed by atoms with Gasteiger partial charge in [0.25, 0.3) is 0 Å². The molecule has 0 aromatic carbocycles. The normalized spacial score (nSPS) is 24.2. The fourth-order valence-electron chi connectivity index (χ4n) is 5.78. The molecule has 1 amide bonds. The maximum atomic E-state index is 12.9. The van der Waals surface area contributed by atoms with E-state index < -0.39 is 74.2 Å². The summed E-state index contributed by atoms with van der Waals surface area (Å²) >= 11 is 0. The van der Waals surface area contributed by atoms with E-state index in [1.54, 1.807) is 0 Å². The van der Waals surface area contributed by atoms with Gasteiger partial charge in [0.1, 0.15) is 36.6 Å². The minimum absolute atomic E-state index is 0.242. The molecule has 0 saturated carbocycles. The molecule has 48 heavy (non-hydrogen) atoms. The second-order valence-electron chi connectivity index (χ2n) is 13.3. The van der Waals surface area contributed by atoms with Crippen LogP contribution in [0.4, 0.5) is 0 Å². The van der Waals surface area contributed by atoms with Crippen LogP contribution in [0, 0.1) is 0 Å². The third kappa shape index (κ3) is 19.1. The van der Waals surface area contributed by atoms with E-state index in [0.29, 0.717) is 19.3 Å². The number of aliphatic hydroxyl groups is 7. The molecule has 1 fully saturated rings. The van der Waals surface area contributed by atoms with Gasteiger partial charge in [0, 0.05) is 0 Å². The van der Waals surface area contributed by atoms with Gasteiger partial charge in [-0.3, -0.25) is 4.79 Å². The van der Waals surface area contributed by atoms with Crippen molar-refractivity contribution in [2.45, 2.75) is 191 Å². The van der Waals surface area contributed by atoms with Crippen molar-refractivity contribution in [3.8, 4) is 0 Å². The Balaban J connectivity index is 2.57. The van der Waals surface area contributed by atoms with Crippen LogP contribution < -0.4 is 5.32 Å². The molecule has 0 radical (unpaired) electrons. The second-order valence-corrected chi connectivity index (χ2v) is 13.3. The third-order valence-electron chi connectivity index (χ3n) is 9.03. The van der Waals surface area contributed by atoms with Gasteiger partial charge in [0.15, 0.2) is 6.29 Å². The average molecular weight is 688 g/mol. The number of rotatable bonds is 29. The van der Waals surface area contributed by atoms with E-state index in [-0.39, 0.29) is 6.42 Å². The number of carbonyl (C=O) groups is 1. The first-order valence-electron chi connectivity index (χ1n) is 18.8. The predicted octanol–water partition coefficient (Wildman–Crippen LogP) is 3.93. The number of amides is 1. The van der Waals surface area contributed by atoms with Crippen molar-refractivity contribution in [1.29, 1.82) is 0 Å². The summed E-state index contributed by atoms with van der Waals surface area (Å²) in [7, 11) is 0. The third-order valence-corrected chi connectivity index (χ3v) is 9.03. The fourth-order valence-corrected chi connectivity index (χ4v) is 5.78. The van der Waals surface area contributed by atoms with Crippen LogP contribution in [-0.4, -0.2) is 110 Å². The second kappa shape index (κ2) is 28.3. The lowest BCUT2D eigenvalue weighted by molar-refractivity contribution is -0.303. The van der Waals surface area contributed by atoms with Crippen molar-refractivity contribution in [3.63, 3.8) is 0 Å². The zero-order valence-corrected chi connectivity index (χ0v) is 29.7. The molecule has 0 aliphatic carbocycles. The maximum absolute atomic E-state index is 12.9. The lowest BCUT2D eigenvalue weighted by Gasteiger charge is -2.40. The summed E-state index contributed by atoms with van der Waals surface area (Å²) < 4.78 is 11.0. The summed E-state index contributed by atoms with van der Waals surface area (Å²) in [4.78, 5) is 12.9. The van der Waals surface area contributed by atoms with Crippen molar-refractivity contribution >= 4 is 5.91 Å². The molecule has 9 unspecified atom stereocenters. The van der Waals surface area contributed by atoms with E-state index >= 15 is 0 Å². The van der Waals surface area contributed by atoms with Crippen LogP contribution >= 0.6 is 0 Å². The van der Waals surface area contributed by atoms with Crippen LogP contribution in [0.3, 0.4) is 0 Å². The number of nitrogens with one attached hydrogen (secondary N) is 1. The molecule has 1 saturated heterocycles. The summed E-state index contributed by atoms with van der Waals surface area (Å²) in [6.45, 7) is 3.29. The molecule has 1 aliphatic rings. The highest BCUT2D eigenvalue weighted by Gasteiger charge is 2.44. The Morgan fingerprint density at radius 3 is 1.85 bits per heavy atom. The van der Waals surface area contributed by atoms with Gasteiger partial charge in [-0.05, 0) is 38.5 Å². The van der Waals surface area contributed by atoms with E-state index in [1.165, 1.54) is 32.1 Å². The minimum atomic E-state index is -1.66. The van der Waals surface area contributed by atoms with Crippen LogP contribution in [0.2, 0.25) is 0 Å². The zero-order valence-electron chi connectivity index (χ0n) is 29.7. The topological polar surface area (TPSA) is 189 Å². The molecule has 282 valence electrons. The Morgan fingerprint density at radius 2 is 1.25 bits per heavy atom. The van der Waals surface area contributed by atoms with Gasteiger partial charge in [0.05, 0.1) is 25.4 Å². The van der Waals surface area contributed by atoms with Crippen molar-refractivity contribution in [3.05, 3.63) is 24.3 Å². The first kappa shape index (κ1) is 44.6. The number of allylic oxidation sites excluding steroid dienone is 4. The molecule has 0 aromatic rings. The van der Waals surface area contributed by atoms with Gasteiger partial charge in [-0.1, -0.05) is 122 Å². The molecule has 9 atom stereocenters. The highest BCUT2D eigenvalue weighted by atomic mass is 16.7. The molecule has 8 N–H and O–H groups in total. The molecule has 0 aromatic heterocycles. The molecule has 1 rings (SSSR count). The Hall–Kier alpha value is -1.41. The molecular weight excluding hydrogens is 618 g/mol. The lowest BCUT2D eigenvalue weighted by Crippen LogP contribution is -2.60. The minimum Gasteiger partial charge on any atom is -0.394 e. The SMILES string of the molecule is CCCCC/C=C\C=C/CCCCCCCC(O)C(=O)NC(COC1OC(CO)C(O)C(O)C1O)C(O)C(O)CCCCCCCCC. The van der Waals surface area contributed by atoms with Gasteiger partial charge >= 0.3 is 0 Å². The summed E-state index contributed by atoms with van der Waals surface area (Å²) in [6.07, 6.45) is 15.5. The fraction of sp³-hybridized carbons (Fsp3) is 0.865. The number of aliphatic hydroxyl groups excluding tert-OH is 7. The van der Waals surface area contributed by atoms with E-state index in [0.717, 1.165) is 64.2 Å². The number of unbranched alkanes of at least 4 members (excludes halogenated alkanes) is 14. The number of carbonyl (C=O) groups excluding carboxylic acids is 1. The van der Waals surface area contributed by atoms with E-state index in [2.05, 4.69) is 43.5 Å². The summed E-state index contributed by atoms with van der Waals surface area (Å²) in [6, 6.07) is -1.17. The van der Waals surface area contributed by atoms with Crippen molar-refractivity contribution in [2.24, 2.45) is 0 Å². The Bertz CT molecular complexity index is 841. The standard InChI is InChI=1S/C37H69NO10/c1-3-5-7-9-11-12-13-14-15-16-17-19-21-23-25-30(41)36(46)38-28(32(42)29(40)24-22-20-18-10-8-6-4-2)27-47-37-35(45)34(44)33(43)31(26-39)48-37/h11-14,28-35,37,39-45H,3-10,15-27H2,1-2H3,(H,38,46)/b12-11-,14-13-. The molecule has 1 heterocycles. The van der Waals surface area contributed by atoms with Crippen molar-refractivity contribution in [1.82, 2.24) is 5.32 Å². The van der Waals surface area contributed by atoms with Gasteiger partial charge in [-0.15, -0.1) is 0 Å². The molecule has 1 aliphatic heterocycles. The van der Waals surface area contributed by atoms with Crippen LogP contribution in [-0.2, 0) is 14.3 Å². The Labute approximate surface area is 289 Å². The zero-order chi connectivity index (χ0) is 35.6. The monoisotopic (exact) mass is 687 g/mol. The van der Waals surface area contributed by atoms with E-state index in [4.69, 9.17) is 9.47 Å². The first-order valence-corrected chi connectivity index (χ1v) is 18.8. The maximum Gasteiger partial charge on any atom is 0.249 e. The smallest absolute Gasteiger partial charge is 0.249 e. The van der Waals surface area contributed by atoms with Gasteiger partial charge in [-0.2, -0.15) is 0 Å². The van der Waals surface area contributed by atoms with Crippen LogP contribution in [0.25, 0.3) is 0 Å². The van der Waals surface area contributed by atoms with Gasteiger partial charge in [-0.25, -0.2) is 0 Å². The van der Waals surface area contributed by atoms with Crippen molar-refractivity contribution < 1.29 is 50.0 Å². The number of hydrogen-bond acceptors (Lipinski definition) is 10. The highest BCUT2D eigenvalue weighted by Crippen LogP contribution is 2.23. The first-order chi connectivity index (χ1) is 23.2. The molecule has 11 heteroatoms. The summed E-state index contributed by atoms with van der Waals surface area (Å²) in [5.41, 5.74) is 0. The number of ether oxygens (including phenoxy) is 2. The van der Waals surface area contributed by atoms with Crippen LogP contribution in [0.15, 0.2) is 24.3 Å². The molecule has 11 nitrogen and oxygen atoms in total. The van der Waals surface area contributed by atoms with Gasteiger partial charge < -0.3 is 50.5 Å². The lowest BCUT2D eigenvalue weighted by atomic mass is 9.98. The molecule has 0 bridgehead atoms. The summed E-state index contributed by atoms with van der Waals surface area (Å²) in [5.74, 6) is -0.715. The Morgan fingerprint density at radius 1 is 0.729 bits per heavy atom. The average Bonchev–Trinajstić information content (AvgIpc) is 3.08. The largest absolute Gasteiger partial charge is 0.394 e. The predicted molar refractivity (Wildman–Crippen MR) is 187 cm³/mol. The van der Waals surface area contributed by atoms with Crippen molar-refractivity contribution in [2.75, 3.05) is 13.2 Å². The molecule has 0 spiro atoms. The van der Waals surface area contributed by atoms with E-state index in [1.807, 2.05) is 0 Å². The van der Waals surface area contributed by atoms with Crippen LogP contribution in [0.5, 0.6) is 0 Å². The van der Waals surface area contributed by atoms with Crippen LogP contribution in [0.1, 0.15) is 136 Å². The highest BCUT2D eigenvalue weighted by molar-refractivity contribution is 5.80. The quantitative estimate of drug-likeness (QED) is 0.0423. The molecular formula is C37H69NO10. The number of hydrogen-bond donors (Lipinski definition) is 8. The Kier molecular flexibility index (Phi) is 26.3. The van der Waals surface area contributed by atoms with Gasteiger partial charge in [0.2, 0.25) is 5.91 Å². The van der Waals surface area contributed by atoms with E-state index in [9.17, 15) is 40.5 Å².